The number of benzene rings is 1. The van der Waals surface area contributed by atoms with Gasteiger partial charge in [-0.15, -0.1) is 0 Å². The fraction of sp³-hybridized carbons (Fsp3) is 0.312. The highest BCUT2D eigenvalue weighted by atomic mass is 16.3. The number of furan rings is 1. The van der Waals surface area contributed by atoms with Crippen LogP contribution in [0.1, 0.15) is 11.5 Å². The molecule has 0 bridgehead atoms. The Morgan fingerprint density at radius 3 is 2.38 bits per heavy atom. The van der Waals surface area contributed by atoms with Crippen molar-refractivity contribution in [3.05, 3.63) is 47.9 Å². The van der Waals surface area contributed by atoms with Crippen molar-refractivity contribution in [3.8, 4) is 6.07 Å². The third kappa shape index (κ3) is 3.18. The maximum absolute atomic E-state index is 8.76. The van der Waals surface area contributed by atoms with Crippen molar-refractivity contribution >= 4 is 11.4 Å². The Bertz CT molecular complexity index is 633. The lowest BCUT2D eigenvalue weighted by Gasteiger charge is -2.35. The van der Waals surface area contributed by atoms with Crippen LogP contribution >= 0.6 is 0 Å². The smallest absolute Gasteiger partial charge is 0.203 e. The van der Waals surface area contributed by atoms with E-state index in [0.29, 0.717) is 5.76 Å². The highest BCUT2D eigenvalue weighted by Crippen LogP contribution is 2.19. The molecular formula is C16H18N4O. The molecule has 0 atom stereocenters. The highest BCUT2D eigenvalue weighted by molar-refractivity contribution is 5.53. The summed E-state index contributed by atoms with van der Waals surface area (Å²) in [7, 11) is 0. The zero-order chi connectivity index (χ0) is 14.7. The van der Waals surface area contributed by atoms with Gasteiger partial charge in [0.1, 0.15) is 11.8 Å². The molecule has 2 N–H and O–H groups in total. The quantitative estimate of drug-likeness (QED) is 0.873. The van der Waals surface area contributed by atoms with Gasteiger partial charge in [0.15, 0.2) is 0 Å². The maximum Gasteiger partial charge on any atom is 0.203 e. The summed E-state index contributed by atoms with van der Waals surface area (Å²) in [5, 5.41) is 8.76. The maximum atomic E-state index is 8.76. The fourth-order valence-electron chi connectivity index (χ4n) is 2.59. The predicted octanol–water partition coefficient (Wildman–Crippen LogP) is 2.06. The summed E-state index contributed by atoms with van der Waals surface area (Å²) in [5.74, 6) is 1.23. The molecule has 0 aliphatic carbocycles. The Kier molecular flexibility index (Phi) is 3.80. The molecule has 108 valence electrons. The fourth-order valence-corrected chi connectivity index (χ4v) is 2.59. The van der Waals surface area contributed by atoms with Crippen LogP contribution in [0.5, 0.6) is 0 Å². The first-order valence-corrected chi connectivity index (χ1v) is 7.06. The molecule has 0 amide bonds. The lowest BCUT2D eigenvalue weighted by molar-refractivity contribution is 0.230. The molecule has 21 heavy (non-hydrogen) atoms. The summed E-state index contributed by atoms with van der Waals surface area (Å²) < 4.78 is 5.43. The van der Waals surface area contributed by atoms with Crippen molar-refractivity contribution in [1.29, 1.82) is 5.26 Å². The van der Waals surface area contributed by atoms with Crippen molar-refractivity contribution in [2.75, 3.05) is 36.8 Å². The molecule has 0 radical (unpaired) electrons. The van der Waals surface area contributed by atoms with E-state index >= 15 is 0 Å². The Labute approximate surface area is 124 Å². The molecule has 1 fully saturated rings. The lowest BCUT2D eigenvalue weighted by atomic mass is 10.2. The van der Waals surface area contributed by atoms with Crippen LogP contribution in [-0.4, -0.2) is 31.1 Å². The van der Waals surface area contributed by atoms with E-state index in [9.17, 15) is 0 Å². The molecule has 1 aromatic heterocycles. The van der Waals surface area contributed by atoms with E-state index in [1.165, 1.54) is 5.69 Å². The summed E-state index contributed by atoms with van der Waals surface area (Å²) in [5.41, 5.74) is 7.73. The van der Waals surface area contributed by atoms with Crippen molar-refractivity contribution in [2.45, 2.75) is 6.54 Å². The number of rotatable bonds is 3. The minimum Gasteiger partial charge on any atom is -0.449 e. The summed E-state index contributed by atoms with van der Waals surface area (Å²) in [4.78, 5) is 4.70. The minimum absolute atomic E-state index is 0.380. The van der Waals surface area contributed by atoms with Crippen LogP contribution in [-0.2, 0) is 6.54 Å². The van der Waals surface area contributed by atoms with Gasteiger partial charge in [-0.2, -0.15) is 5.26 Å². The molecule has 5 heteroatoms. The number of nitrogen functional groups attached to an aromatic ring is 1. The normalized spacial score (nSPS) is 15.9. The second kappa shape index (κ2) is 5.90. The van der Waals surface area contributed by atoms with Crippen molar-refractivity contribution in [3.63, 3.8) is 0 Å². The Morgan fingerprint density at radius 2 is 1.76 bits per heavy atom. The van der Waals surface area contributed by atoms with Gasteiger partial charge in [-0.1, -0.05) is 0 Å². The van der Waals surface area contributed by atoms with Crippen LogP contribution in [0, 0.1) is 11.3 Å². The number of nitriles is 1. The first-order valence-electron chi connectivity index (χ1n) is 7.06. The largest absolute Gasteiger partial charge is 0.449 e. The zero-order valence-electron chi connectivity index (χ0n) is 11.8. The van der Waals surface area contributed by atoms with Gasteiger partial charge in [0.05, 0.1) is 6.54 Å². The topological polar surface area (TPSA) is 69.4 Å². The second-order valence-corrected chi connectivity index (χ2v) is 5.23. The third-order valence-corrected chi connectivity index (χ3v) is 3.78. The van der Waals surface area contributed by atoms with Gasteiger partial charge in [0.2, 0.25) is 5.76 Å². The molecule has 2 heterocycles. The van der Waals surface area contributed by atoms with Crippen LogP contribution in [0.4, 0.5) is 11.4 Å². The van der Waals surface area contributed by atoms with Gasteiger partial charge in [0.25, 0.3) is 0 Å². The van der Waals surface area contributed by atoms with Crippen molar-refractivity contribution < 1.29 is 4.42 Å². The summed E-state index contributed by atoms with van der Waals surface area (Å²) >= 11 is 0. The minimum atomic E-state index is 0.380. The molecule has 0 saturated carbocycles. The van der Waals surface area contributed by atoms with Crippen LogP contribution in [0.25, 0.3) is 0 Å². The second-order valence-electron chi connectivity index (χ2n) is 5.23. The summed E-state index contributed by atoms with van der Waals surface area (Å²) in [6.45, 7) is 4.68. The van der Waals surface area contributed by atoms with E-state index in [-0.39, 0.29) is 0 Å². The van der Waals surface area contributed by atoms with Crippen LogP contribution in [0.2, 0.25) is 0 Å². The number of hydrogen-bond acceptors (Lipinski definition) is 5. The average molecular weight is 282 g/mol. The van der Waals surface area contributed by atoms with E-state index < -0.39 is 0 Å². The molecule has 3 rings (SSSR count). The van der Waals surface area contributed by atoms with Crippen LogP contribution in [0.3, 0.4) is 0 Å². The van der Waals surface area contributed by atoms with Gasteiger partial charge in [0, 0.05) is 37.6 Å². The first-order chi connectivity index (χ1) is 10.2. The van der Waals surface area contributed by atoms with Crippen molar-refractivity contribution in [2.24, 2.45) is 0 Å². The number of anilines is 2. The summed E-state index contributed by atoms with van der Waals surface area (Å²) in [6.07, 6.45) is 0. The van der Waals surface area contributed by atoms with Gasteiger partial charge in [-0.05, 0) is 36.4 Å². The first kappa shape index (κ1) is 13.5. The Morgan fingerprint density at radius 1 is 1.05 bits per heavy atom. The zero-order valence-corrected chi connectivity index (χ0v) is 11.8. The molecule has 1 saturated heterocycles. The van der Waals surface area contributed by atoms with Crippen LogP contribution < -0.4 is 10.6 Å². The third-order valence-electron chi connectivity index (χ3n) is 3.78. The number of hydrogen-bond donors (Lipinski definition) is 1. The Balaban J connectivity index is 1.55. The van der Waals surface area contributed by atoms with Gasteiger partial charge < -0.3 is 15.1 Å². The summed E-state index contributed by atoms with van der Waals surface area (Å²) in [6, 6.07) is 13.6. The number of piperazine rings is 1. The van der Waals surface area contributed by atoms with Gasteiger partial charge in [-0.3, -0.25) is 4.90 Å². The van der Waals surface area contributed by atoms with E-state index in [2.05, 4.69) is 21.9 Å². The van der Waals surface area contributed by atoms with Gasteiger partial charge in [-0.25, -0.2) is 0 Å². The molecular weight excluding hydrogens is 264 g/mol. The lowest BCUT2D eigenvalue weighted by Crippen LogP contribution is -2.45. The molecule has 0 spiro atoms. The van der Waals surface area contributed by atoms with Crippen molar-refractivity contribution in [1.82, 2.24) is 4.90 Å². The monoisotopic (exact) mass is 282 g/mol. The molecule has 0 unspecified atom stereocenters. The molecule has 1 aliphatic heterocycles. The number of nitrogens with zero attached hydrogens (tertiary/aromatic N) is 3. The standard InChI is InChI=1S/C16H18N4O/c17-11-15-5-6-16(21-15)12-19-7-9-20(10-8-19)14-3-1-13(18)2-4-14/h1-6H,7-10,12,18H2. The molecule has 1 aliphatic rings. The molecule has 5 nitrogen and oxygen atoms in total. The van der Waals surface area contributed by atoms with E-state index in [0.717, 1.165) is 44.2 Å². The highest BCUT2D eigenvalue weighted by Gasteiger charge is 2.18. The Hall–Kier alpha value is -2.45. The number of nitrogens with two attached hydrogens (primary N) is 1. The SMILES string of the molecule is N#Cc1ccc(CN2CCN(c3ccc(N)cc3)CC2)o1. The predicted molar refractivity (Wildman–Crippen MR) is 81.8 cm³/mol. The van der Waals surface area contributed by atoms with Crippen LogP contribution in [0.15, 0.2) is 40.8 Å². The van der Waals surface area contributed by atoms with E-state index in [1.54, 1.807) is 6.07 Å². The molecule has 2 aromatic rings. The van der Waals surface area contributed by atoms with E-state index in [4.69, 9.17) is 15.4 Å². The van der Waals surface area contributed by atoms with E-state index in [1.807, 2.05) is 24.3 Å². The molecule has 1 aromatic carbocycles. The average Bonchev–Trinajstić information content (AvgIpc) is 2.97. The van der Waals surface area contributed by atoms with Gasteiger partial charge >= 0.3 is 0 Å².